The van der Waals surface area contributed by atoms with Gasteiger partial charge in [0.15, 0.2) is 0 Å². The van der Waals surface area contributed by atoms with Gasteiger partial charge in [-0.1, -0.05) is 12.8 Å². The van der Waals surface area contributed by atoms with Gasteiger partial charge in [-0.2, -0.15) is 0 Å². The molecule has 106 valence electrons. The smallest absolute Gasteiger partial charge is 0.337 e. The third-order valence-corrected chi connectivity index (χ3v) is 3.91. The van der Waals surface area contributed by atoms with Gasteiger partial charge in [0.05, 0.1) is 17.5 Å². The number of nitrogens with zero attached hydrogens (tertiary/aromatic N) is 3. The molecule has 2 aromatic heterocycles. The van der Waals surface area contributed by atoms with Crippen molar-refractivity contribution in [2.24, 2.45) is 0 Å². The van der Waals surface area contributed by atoms with E-state index >= 15 is 0 Å². The first-order chi connectivity index (χ1) is 9.74. The lowest BCUT2D eigenvalue weighted by Gasteiger charge is -2.19. The molecule has 0 radical (unpaired) electrons. The minimum atomic E-state index is -0.902. The van der Waals surface area contributed by atoms with Crippen LogP contribution in [0.1, 0.15) is 41.7 Å². The molecule has 0 spiro atoms. The van der Waals surface area contributed by atoms with Gasteiger partial charge in [0, 0.05) is 12.7 Å². The van der Waals surface area contributed by atoms with Crippen LogP contribution in [0.2, 0.25) is 0 Å². The number of hydrogen-bond donors (Lipinski definition) is 1. The maximum Gasteiger partial charge on any atom is 0.337 e. The molecule has 0 bridgehead atoms. The fourth-order valence-electron chi connectivity index (χ4n) is 2.80. The molecule has 3 heterocycles. The summed E-state index contributed by atoms with van der Waals surface area (Å²) >= 11 is 0. The Labute approximate surface area is 117 Å². The van der Waals surface area contributed by atoms with Crippen LogP contribution in [-0.4, -0.2) is 38.4 Å². The molecule has 3 rings (SSSR count). The molecular formula is C15H19N3O2. The number of fused-ring (bicyclic) bond motifs is 1. The zero-order chi connectivity index (χ0) is 13.9. The Balaban J connectivity index is 1.86. The topological polar surface area (TPSA) is 57.8 Å². The van der Waals surface area contributed by atoms with Gasteiger partial charge in [-0.15, -0.1) is 0 Å². The number of likely N-dealkylation sites (tertiary alicyclic amines) is 1. The van der Waals surface area contributed by atoms with Gasteiger partial charge in [-0.25, -0.2) is 9.78 Å². The SMILES string of the molecule is O=C(O)c1ccc2ncc(CN3CCCCCC3)n2c1. The van der Waals surface area contributed by atoms with Crippen LogP contribution in [0.3, 0.4) is 0 Å². The second-order valence-corrected chi connectivity index (χ2v) is 5.39. The van der Waals surface area contributed by atoms with Crippen molar-refractivity contribution in [2.75, 3.05) is 13.1 Å². The maximum absolute atomic E-state index is 11.1. The van der Waals surface area contributed by atoms with E-state index in [1.54, 1.807) is 18.3 Å². The lowest BCUT2D eigenvalue weighted by molar-refractivity contribution is 0.0696. The lowest BCUT2D eigenvalue weighted by atomic mass is 10.2. The number of pyridine rings is 1. The summed E-state index contributed by atoms with van der Waals surface area (Å²) in [6.07, 6.45) is 8.64. The molecule has 5 nitrogen and oxygen atoms in total. The van der Waals surface area contributed by atoms with E-state index in [4.69, 9.17) is 5.11 Å². The second kappa shape index (κ2) is 5.63. The Morgan fingerprint density at radius 2 is 1.95 bits per heavy atom. The Kier molecular flexibility index (Phi) is 3.69. The zero-order valence-corrected chi connectivity index (χ0v) is 11.5. The number of aromatic carboxylic acids is 1. The molecule has 1 fully saturated rings. The fraction of sp³-hybridized carbons (Fsp3) is 0.467. The Bertz CT molecular complexity index is 613. The van der Waals surface area contributed by atoms with Gasteiger partial charge in [0.2, 0.25) is 0 Å². The van der Waals surface area contributed by atoms with Crippen LogP contribution in [0.15, 0.2) is 24.5 Å². The van der Waals surface area contributed by atoms with E-state index in [9.17, 15) is 4.79 Å². The quantitative estimate of drug-likeness (QED) is 0.933. The molecule has 2 aromatic rings. The van der Waals surface area contributed by atoms with E-state index in [0.29, 0.717) is 5.56 Å². The van der Waals surface area contributed by atoms with Crippen molar-refractivity contribution in [3.63, 3.8) is 0 Å². The fourth-order valence-corrected chi connectivity index (χ4v) is 2.80. The third-order valence-electron chi connectivity index (χ3n) is 3.91. The number of rotatable bonds is 3. The summed E-state index contributed by atoms with van der Waals surface area (Å²) in [6.45, 7) is 3.07. The van der Waals surface area contributed by atoms with Crippen molar-refractivity contribution in [1.82, 2.24) is 14.3 Å². The van der Waals surface area contributed by atoms with Crippen LogP contribution < -0.4 is 0 Å². The monoisotopic (exact) mass is 273 g/mol. The van der Waals surface area contributed by atoms with Crippen molar-refractivity contribution < 1.29 is 9.90 Å². The molecule has 1 N–H and O–H groups in total. The number of hydrogen-bond acceptors (Lipinski definition) is 3. The molecule has 0 aliphatic carbocycles. The maximum atomic E-state index is 11.1. The Morgan fingerprint density at radius 1 is 1.20 bits per heavy atom. The van der Waals surface area contributed by atoms with E-state index in [1.165, 1.54) is 25.7 Å². The molecule has 5 heteroatoms. The van der Waals surface area contributed by atoms with Gasteiger partial charge in [-0.3, -0.25) is 4.90 Å². The summed E-state index contributed by atoms with van der Waals surface area (Å²) < 4.78 is 1.90. The van der Waals surface area contributed by atoms with Crippen molar-refractivity contribution in [1.29, 1.82) is 0 Å². The summed E-state index contributed by atoms with van der Waals surface area (Å²) in [7, 11) is 0. The van der Waals surface area contributed by atoms with Gasteiger partial charge >= 0.3 is 5.97 Å². The van der Waals surface area contributed by atoms with E-state index < -0.39 is 5.97 Å². The number of imidazole rings is 1. The summed E-state index contributed by atoms with van der Waals surface area (Å²) in [5.74, 6) is -0.902. The van der Waals surface area contributed by atoms with Crippen LogP contribution in [-0.2, 0) is 6.54 Å². The van der Waals surface area contributed by atoms with Crippen LogP contribution in [0, 0.1) is 0 Å². The Hall–Kier alpha value is -1.88. The van der Waals surface area contributed by atoms with Crippen molar-refractivity contribution in [3.05, 3.63) is 35.8 Å². The normalized spacial score (nSPS) is 17.2. The molecule has 0 saturated carbocycles. The van der Waals surface area contributed by atoms with E-state index in [0.717, 1.165) is 31.0 Å². The highest BCUT2D eigenvalue weighted by Crippen LogP contribution is 2.15. The van der Waals surface area contributed by atoms with Gasteiger partial charge < -0.3 is 9.51 Å². The first-order valence-electron chi connectivity index (χ1n) is 7.16. The minimum Gasteiger partial charge on any atom is -0.478 e. The number of carboxylic acids is 1. The highest BCUT2D eigenvalue weighted by Gasteiger charge is 2.13. The van der Waals surface area contributed by atoms with Crippen LogP contribution in [0.4, 0.5) is 0 Å². The number of carboxylic acid groups (broad SMARTS) is 1. The van der Waals surface area contributed by atoms with Crippen molar-refractivity contribution in [2.45, 2.75) is 32.2 Å². The first kappa shape index (κ1) is 13.1. The van der Waals surface area contributed by atoms with Crippen LogP contribution in [0.25, 0.3) is 5.65 Å². The Morgan fingerprint density at radius 3 is 2.65 bits per heavy atom. The minimum absolute atomic E-state index is 0.299. The molecule has 0 unspecified atom stereocenters. The van der Waals surface area contributed by atoms with Crippen LogP contribution in [0.5, 0.6) is 0 Å². The number of carbonyl (C=O) groups is 1. The molecular weight excluding hydrogens is 254 g/mol. The average Bonchev–Trinajstić information content (AvgIpc) is 2.66. The molecule has 1 aliphatic rings. The van der Waals surface area contributed by atoms with Crippen molar-refractivity contribution >= 4 is 11.6 Å². The van der Waals surface area contributed by atoms with Crippen LogP contribution >= 0.6 is 0 Å². The number of aromatic nitrogens is 2. The van der Waals surface area contributed by atoms with Gasteiger partial charge in [-0.05, 0) is 38.1 Å². The summed E-state index contributed by atoms with van der Waals surface area (Å²) in [4.78, 5) is 17.9. The highest BCUT2D eigenvalue weighted by molar-refractivity contribution is 5.87. The molecule has 1 saturated heterocycles. The molecule has 20 heavy (non-hydrogen) atoms. The molecule has 0 aromatic carbocycles. The summed E-state index contributed by atoms with van der Waals surface area (Å²) in [6, 6.07) is 3.36. The largest absolute Gasteiger partial charge is 0.478 e. The predicted octanol–water partition coefficient (Wildman–Crippen LogP) is 2.41. The third kappa shape index (κ3) is 2.67. The first-order valence-corrected chi connectivity index (χ1v) is 7.16. The molecule has 0 amide bonds. The second-order valence-electron chi connectivity index (χ2n) is 5.39. The van der Waals surface area contributed by atoms with E-state index in [-0.39, 0.29) is 0 Å². The lowest BCUT2D eigenvalue weighted by Crippen LogP contribution is -2.24. The van der Waals surface area contributed by atoms with E-state index in [2.05, 4.69) is 9.88 Å². The van der Waals surface area contributed by atoms with Gasteiger partial charge in [0.25, 0.3) is 0 Å². The van der Waals surface area contributed by atoms with Gasteiger partial charge in [0.1, 0.15) is 5.65 Å². The average molecular weight is 273 g/mol. The zero-order valence-electron chi connectivity index (χ0n) is 11.5. The molecule has 1 aliphatic heterocycles. The summed E-state index contributed by atoms with van der Waals surface area (Å²) in [5.41, 5.74) is 2.16. The summed E-state index contributed by atoms with van der Waals surface area (Å²) in [5, 5.41) is 9.09. The molecule has 0 atom stereocenters. The highest BCUT2D eigenvalue weighted by atomic mass is 16.4. The predicted molar refractivity (Wildman–Crippen MR) is 75.9 cm³/mol. The standard InChI is InChI=1S/C15H19N3O2/c19-15(20)12-5-6-14-16-9-13(18(14)10-12)11-17-7-3-1-2-4-8-17/h5-6,9-10H,1-4,7-8,11H2,(H,19,20). The van der Waals surface area contributed by atoms with Crippen molar-refractivity contribution in [3.8, 4) is 0 Å². The van der Waals surface area contributed by atoms with E-state index in [1.807, 2.05) is 10.6 Å².